The molecular formula is C49H58ClN9O7S. The molecule has 6 heterocycles. The highest BCUT2D eigenvalue weighted by molar-refractivity contribution is 7.92. The molecule has 0 bridgehead atoms. The number of hydrogen-bond donors (Lipinski definition) is 3. The summed E-state index contributed by atoms with van der Waals surface area (Å²) in [7, 11) is -3.58. The van der Waals surface area contributed by atoms with Crippen molar-refractivity contribution in [1.29, 1.82) is 0 Å². The van der Waals surface area contributed by atoms with Gasteiger partial charge in [-0.15, -0.1) is 0 Å². The molecule has 1 unspecified atom stereocenters. The minimum absolute atomic E-state index is 0.0776. The quantitative estimate of drug-likeness (QED) is 0.118. The summed E-state index contributed by atoms with van der Waals surface area (Å²) < 4.78 is 32.6. The maximum atomic E-state index is 13.4. The molecule has 4 fully saturated rings. The number of imide groups is 2. The van der Waals surface area contributed by atoms with Crippen molar-refractivity contribution in [2.75, 3.05) is 54.8 Å². The first-order valence-corrected chi connectivity index (χ1v) is 25.3. The number of aromatic nitrogens is 2. The van der Waals surface area contributed by atoms with E-state index in [1.807, 2.05) is 19.9 Å². The fraction of sp³-hybridized carbons (Fsp3) is 0.469. The van der Waals surface area contributed by atoms with E-state index in [4.69, 9.17) is 16.3 Å². The third-order valence-electron chi connectivity index (χ3n) is 13.9. The van der Waals surface area contributed by atoms with Crippen LogP contribution in [0.4, 0.5) is 28.8 Å². The van der Waals surface area contributed by atoms with Gasteiger partial charge in [0, 0.05) is 50.4 Å². The highest BCUT2D eigenvalue weighted by atomic mass is 35.5. The zero-order valence-electron chi connectivity index (χ0n) is 38.6. The number of ether oxygens (including phenoxy) is 1. The average Bonchev–Trinajstić information content (AvgIpc) is 3.53. The Bertz CT molecular complexity index is 2710. The van der Waals surface area contributed by atoms with E-state index in [9.17, 15) is 27.6 Å². The molecule has 3 N–H and O–H groups in total. The Morgan fingerprint density at radius 2 is 1.49 bits per heavy atom. The number of benzene rings is 3. The first-order valence-electron chi connectivity index (χ1n) is 23.3. The Balaban J connectivity index is 0.783. The van der Waals surface area contributed by atoms with Crippen molar-refractivity contribution in [2.45, 2.75) is 113 Å². The van der Waals surface area contributed by atoms with Gasteiger partial charge in [0.25, 0.3) is 11.8 Å². The number of nitrogens with zero attached hydrogens (tertiary/aromatic N) is 6. The van der Waals surface area contributed by atoms with Gasteiger partial charge in [-0.3, -0.25) is 34.3 Å². The van der Waals surface area contributed by atoms with Gasteiger partial charge in [-0.25, -0.2) is 13.4 Å². The van der Waals surface area contributed by atoms with Crippen LogP contribution in [0.25, 0.3) is 0 Å². The molecule has 5 aliphatic rings. The number of para-hydroxylation sites is 1. The topological polar surface area (TPSA) is 186 Å². The summed E-state index contributed by atoms with van der Waals surface area (Å²) >= 11 is 6.54. The van der Waals surface area contributed by atoms with E-state index in [0.717, 1.165) is 86.8 Å². The lowest BCUT2D eigenvalue weighted by molar-refractivity contribution is -0.136. The lowest BCUT2D eigenvalue weighted by Crippen LogP contribution is -2.62. The van der Waals surface area contributed by atoms with Crippen molar-refractivity contribution >= 4 is 73.9 Å². The third kappa shape index (κ3) is 9.35. The van der Waals surface area contributed by atoms with Crippen LogP contribution in [-0.2, 0) is 19.4 Å². The van der Waals surface area contributed by atoms with E-state index in [-0.39, 0.29) is 40.6 Å². The molecule has 4 amide bonds. The molecule has 5 aliphatic heterocycles. The van der Waals surface area contributed by atoms with Gasteiger partial charge in [0.2, 0.25) is 17.8 Å². The van der Waals surface area contributed by atoms with Crippen molar-refractivity contribution in [3.63, 3.8) is 0 Å². The van der Waals surface area contributed by atoms with E-state index < -0.39 is 44.8 Å². The number of hydrogen-bond acceptors (Lipinski definition) is 14. The van der Waals surface area contributed by atoms with Gasteiger partial charge < -0.3 is 25.2 Å². The average molecular weight is 953 g/mol. The number of piperidine rings is 3. The largest absolute Gasteiger partial charge is 0.489 e. The fourth-order valence-corrected chi connectivity index (χ4v) is 11.5. The maximum Gasteiger partial charge on any atom is 0.262 e. The minimum atomic E-state index is -3.58. The SMILES string of the molecule is Cc1cc(Nc2ncc(Cl)c(Nc3ccccc3S(=O)(=O)C(C)C)n2)c(OC(C)C)cc1C1CCN(C2CCN(C3CN(c4ccc5c(c4)C(=O)N(C4CCC(=O)NC4=O)C5=O)C3)CC2)CC1. The van der Waals surface area contributed by atoms with Gasteiger partial charge in [0.15, 0.2) is 15.7 Å². The van der Waals surface area contributed by atoms with Crippen LogP contribution >= 0.6 is 11.6 Å². The molecule has 4 saturated heterocycles. The Hall–Kier alpha value is -5.62. The Morgan fingerprint density at radius 1 is 0.806 bits per heavy atom. The number of halogens is 1. The van der Waals surface area contributed by atoms with Crippen LogP contribution < -0.4 is 25.6 Å². The Labute approximate surface area is 396 Å². The molecule has 0 aliphatic carbocycles. The van der Waals surface area contributed by atoms with E-state index in [1.165, 1.54) is 11.8 Å². The zero-order valence-corrected chi connectivity index (χ0v) is 40.1. The smallest absolute Gasteiger partial charge is 0.262 e. The maximum absolute atomic E-state index is 13.4. The highest BCUT2D eigenvalue weighted by Crippen LogP contribution is 2.40. The number of aryl methyl sites for hydroxylation is 1. The summed E-state index contributed by atoms with van der Waals surface area (Å²) in [4.78, 5) is 68.5. The van der Waals surface area contributed by atoms with Crippen LogP contribution in [0, 0.1) is 6.92 Å². The Morgan fingerprint density at radius 3 is 2.19 bits per heavy atom. The molecule has 1 atom stereocenters. The van der Waals surface area contributed by atoms with E-state index in [1.54, 1.807) is 50.2 Å². The number of likely N-dealkylation sites (tertiary alicyclic amines) is 2. The molecular weight excluding hydrogens is 894 g/mol. The number of carbonyl (C=O) groups excluding carboxylic acids is 4. The summed E-state index contributed by atoms with van der Waals surface area (Å²) in [6, 6.07) is 16.3. The molecule has 18 heteroatoms. The lowest BCUT2D eigenvalue weighted by atomic mass is 9.85. The van der Waals surface area contributed by atoms with E-state index in [0.29, 0.717) is 40.6 Å². The normalized spacial score (nSPS) is 20.4. The molecule has 0 saturated carbocycles. The van der Waals surface area contributed by atoms with Crippen molar-refractivity contribution in [3.8, 4) is 5.75 Å². The summed E-state index contributed by atoms with van der Waals surface area (Å²) in [6.07, 6.45) is 5.97. The summed E-state index contributed by atoms with van der Waals surface area (Å²) in [5, 5.41) is 8.37. The van der Waals surface area contributed by atoms with Gasteiger partial charge in [0.05, 0.1) is 44.9 Å². The molecule has 1 aromatic heterocycles. The molecule has 16 nitrogen and oxygen atoms in total. The van der Waals surface area contributed by atoms with Crippen LogP contribution in [0.5, 0.6) is 5.75 Å². The molecule has 0 spiro atoms. The van der Waals surface area contributed by atoms with Gasteiger partial charge in [-0.1, -0.05) is 23.7 Å². The second-order valence-electron chi connectivity index (χ2n) is 18.9. The number of nitrogens with one attached hydrogen (secondary N) is 3. The molecule has 354 valence electrons. The first-order chi connectivity index (χ1) is 32.0. The minimum Gasteiger partial charge on any atom is -0.489 e. The number of anilines is 5. The van der Waals surface area contributed by atoms with Crippen LogP contribution in [0.1, 0.15) is 104 Å². The van der Waals surface area contributed by atoms with Gasteiger partial charge >= 0.3 is 0 Å². The predicted molar refractivity (Wildman–Crippen MR) is 257 cm³/mol. The van der Waals surface area contributed by atoms with Crippen molar-refractivity contribution in [2.24, 2.45) is 0 Å². The standard InChI is InChI=1S/C49H58ClN9O7S/c1-28(2)66-42-24-36(30(5)22-40(42)53-49-51-25-38(50)45(55-49)52-39-8-6-7-9-43(39)67(64,65)29(3)4)31-14-18-56(19-15-31)32-16-20-57(21-17-32)34-26-58(27-34)33-10-11-35-37(23-33)48(63)59(47(35)62)41-12-13-44(60)54-46(41)61/h6-11,22-25,28-29,31-32,34,41H,12-21,26-27H2,1-5H3,(H,54,60,61)(H2,51,52,53,55). The van der Waals surface area contributed by atoms with Crippen molar-refractivity contribution in [3.05, 3.63) is 88.1 Å². The monoisotopic (exact) mass is 951 g/mol. The highest BCUT2D eigenvalue weighted by Gasteiger charge is 2.45. The third-order valence-corrected chi connectivity index (χ3v) is 16.4. The van der Waals surface area contributed by atoms with Crippen LogP contribution in [-0.4, -0.2) is 125 Å². The molecule has 67 heavy (non-hydrogen) atoms. The number of fused-ring (bicyclic) bond motifs is 1. The summed E-state index contributed by atoms with van der Waals surface area (Å²) in [6.45, 7) is 15.3. The van der Waals surface area contributed by atoms with Crippen LogP contribution in [0.2, 0.25) is 5.02 Å². The predicted octanol–water partition coefficient (Wildman–Crippen LogP) is 6.83. The van der Waals surface area contributed by atoms with Crippen LogP contribution in [0.15, 0.2) is 65.7 Å². The van der Waals surface area contributed by atoms with Crippen molar-refractivity contribution < 1.29 is 32.3 Å². The number of carbonyl (C=O) groups is 4. The summed E-state index contributed by atoms with van der Waals surface area (Å²) in [5.74, 6) is -0.325. The first kappa shape index (κ1) is 46.5. The molecule has 3 aromatic carbocycles. The number of rotatable bonds is 13. The Kier molecular flexibility index (Phi) is 13.1. The van der Waals surface area contributed by atoms with E-state index >= 15 is 0 Å². The van der Waals surface area contributed by atoms with E-state index in [2.05, 4.69) is 59.7 Å². The fourth-order valence-electron chi connectivity index (χ4n) is 10.2. The zero-order chi connectivity index (χ0) is 47.3. The molecule has 9 rings (SSSR count). The summed E-state index contributed by atoms with van der Waals surface area (Å²) in [5.41, 5.74) is 5.02. The lowest BCUT2D eigenvalue weighted by Gasteiger charge is -2.50. The molecule has 0 radical (unpaired) electrons. The van der Waals surface area contributed by atoms with Gasteiger partial charge in [-0.2, -0.15) is 4.98 Å². The van der Waals surface area contributed by atoms with Gasteiger partial charge in [0.1, 0.15) is 16.8 Å². The number of sulfone groups is 1. The molecule has 4 aromatic rings. The van der Waals surface area contributed by atoms with Gasteiger partial charge in [-0.05, 0) is 139 Å². The van der Waals surface area contributed by atoms with Crippen molar-refractivity contribution in [1.82, 2.24) is 30.0 Å². The second kappa shape index (κ2) is 18.8. The second-order valence-corrected chi connectivity index (χ2v) is 21.8. The number of amides is 4. The van der Waals surface area contributed by atoms with Crippen LogP contribution in [0.3, 0.4) is 0 Å².